The minimum absolute atomic E-state index is 0.271. The van der Waals surface area contributed by atoms with Gasteiger partial charge in [-0.15, -0.1) is 23.1 Å². The largest absolute Gasteiger partial charge is 0.508 e. The van der Waals surface area contributed by atoms with Crippen LogP contribution in [0.3, 0.4) is 0 Å². The average molecular weight is 426 g/mol. The van der Waals surface area contributed by atoms with Gasteiger partial charge < -0.3 is 5.11 Å². The van der Waals surface area contributed by atoms with Crippen LogP contribution in [0.5, 0.6) is 5.75 Å². The molecule has 1 N–H and O–H groups in total. The van der Waals surface area contributed by atoms with E-state index in [1.54, 1.807) is 17.8 Å². The molecule has 0 saturated heterocycles. The summed E-state index contributed by atoms with van der Waals surface area (Å²) in [5.74, 6) is 0.988. The number of aromatic nitrogens is 1. The molecule has 0 fully saturated rings. The summed E-state index contributed by atoms with van der Waals surface area (Å²) in [6.45, 7) is 7.75. The van der Waals surface area contributed by atoms with Gasteiger partial charge in [0.2, 0.25) is 0 Å². The number of halogens is 3. The van der Waals surface area contributed by atoms with Crippen molar-refractivity contribution in [2.75, 3.05) is 0 Å². The number of thioether (sulfide) groups is 1. The van der Waals surface area contributed by atoms with E-state index in [1.807, 2.05) is 39.8 Å². The minimum atomic E-state index is -4.33. The van der Waals surface area contributed by atoms with Crippen LogP contribution in [-0.4, -0.2) is 10.1 Å². The second-order valence-electron chi connectivity index (χ2n) is 5.84. The molecular formula is C21H22F3NOS2. The summed E-state index contributed by atoms with van der Waals surface area (Å²) in [4.78, 5) is 6.63. The van der Waals surface area contributed by atoms with Gasteiger partial charge in [0.1, 0.15) is 10.8 Å². The second-order valence-corrected chi connectivity index (χ2v) is 7.97. The molecule has 3 rings (SSSR count). The Bertz CT molecular complexity index is 918. The molecule has 3 aromatic rings. The van der Waals surface area contributed by atoms with E-state index in [0.717, 1.165) is 33.2 Å². The van der Waals surface area contributed by atoms with E-state index in [9.17, 15) is 18.3 Å². The first kappa shape index (κ1) is 22.3. The molecule has 0 atom stereocenters. The SMILES string of the molecule is CC.Cc1cc(SCc2sc(-c3ccc(C(F)(F)F)cc3)nc2C)ccc1O. The lowest BCUT2D eigenvalue weighted by molar-refractivity contribution is -0.137. The number of phenolic OH excluding ortho intramolecular Hbond substituents is 1. The molecule has 7 heteroatoms. The highest BCUT2D eigenvalue weighted by atomic mass is 32.2. The third-order valence-electron chi connectivity index (χ3n) is 3.89. The maximum absolute atomic E-state index is 12.7. The fourth-order valence-electron chi connectivity index (χ4n) is 2.35. The molecule has 0 saturated carbocycles. The number of benzene rings is 2. The molecule has 0 aliphatic carbocycles. The van der Waals surface area contributed by atoms with Crippen LogP contribution in [0.15, 0.2) is 47.4 Å². The molecule has 1 aromatic heterocycles. The highest BCUT2D eigenvalue weighted by Gasteiger charge is 2.30. The standard InChI is InChI=1S/C19H16F3NOS2.C2H6/c1-11-9-15(7-8-16(11)24)25-10-17-12(2)23-18(26-17)13-3-5-14(6-4-13)19(20,21)22;1-2/h3-9,24H,10H2,1-2H3;1-2H3. The number of thiazole rings is 1. The number of phenols is 1. The van der Waals surface area contributed by atoms with Crippen molar-refractivity contribution in [3.63, 3.8) is 0 Å². The van der Waals surface area contributed by atoms with Crippen LogP contribution in [0, 0.1) is 13.8 Å². The van der Waals surface area contributed by atoms with Crippen molar-refractivity contribution in [2.24, 2.45) is 0 Å². The van der Waals surface area contributed by atoms with Gasteiger partial charge in [0, 0.05) is 21.1 Å². The molecule has 0 bridgehead atoms. The van der Waals surface area contributed by atoms with Gasteiger partial charge in [-0.1, -0.05) is 26.0 Å². The van der Waals surface area contributed by atoms with Gasteiger partial charge in [0.25, 0.3) is 0 Å². The van der Waals surface area contributed by atoms with Crippen LogP contribution in [-0.2, 0) is 11.9 Å². The summed E-state index contributed by atoms with van der Waals surface area (Å²) in [6.07, 6.45) is -4.33. The zero-order valence-electron chi connectivity index (χ0n) is 16.1. The van der Waals surface area contributed by atoms with Crippen molar-refractivity contribution in [3.8, 4) is 16.3 Å². The van der Waals surface area contributed by atoms with Gasteiger partial charge in [0.05, 0.1) is 11.3 Å². The number of nitrogens with zero attached hydrogens (tertiary/aromatic N) is 1. The van der Waals surface area contributed by atoms with Gasteiger partial charge in [-0.25, -0.2) is 4.98 Å². The lowest BCUT2D eigenvalue weighted by Gasteiger charge is -2.06. The molecule has 150 valence electrons. The molecular weight excluding hydrogens is 403 g/mol. The summed E-state index contributed by atoms with van der Waals surface area (Å²) in [5, 5.41) is 10.3. The summed E-state index contributed by atoms with van der Waals surface area (Å²) in [7, 11) is 0. The third kappa shape index (κ3) is 5.52. The molecule has 2 aromatic carbocycles. The summed E-state index contributed by atoms with van der Waals surface area (Å²) in [6, 6.07) is 10.5. The van der Waals surface area contributed by atoms with Crippen LogP contribution in [0.1, 0.15) is 35.5 Å². The fraction of sp³-hybridized carbons (Fsp3) is 0.286. The van der Waals surface area contributed by atoms with Crippen LogP contribution in [0.2, 0.25) is 0 Å². The maximum Gasteiger partial charge on any atom is 0.416 e. The number of aromatic hydroxyl groups is 1. The first-order valence-electron chi connectivity index (χ1n) is 8.80. The predicted octanol–water partition coefficient (Wildman–Crippen LogP) is 7.47. The Morgan fingerprint density at radius 3 is 2.25 bits per heavy atom. The summed E-state index contributed by atoms with van der Waals surface area (Å²) in [5.41, 5.74) is 1.73. The van der Waals surface area contributed by atoms with E-state index in [-0.39, 0.29) is 5.75 Å². The average Bonchev–Trinajstić information content (AvgIpc) is 3.04. The number of hydrogen-bond acceptors (Lipinski definition) is 4. The second kappa shape index (κ2) is 9.47. The lowest BCUT2D eigenvalue weighted by atomic mass is 10.1. The quantitative estimate of drug-likeness (QED) is 0.440. The van der Waals surface area contributed by atoms with E-state index in [0.29, 0.717) is 16.3 Å². The van der Waals surface area contributed by atoms with Gasteiger partial charge in [-0.05, 0) is 49.7 Å². The number of hydrogen-bond donors (Lipinski definition) is 1. The van der Waals surface area contributed by atoms with Crippen LogP contribution >= 0.6 is 23.1 Å². The van der Waals surface area contributed by atoms with Crippen molar-refractivity contribution >= 4 is 23.1 Å². The van der Waals surface area contributed by atoms with Crippen LogP contribution in [0.4, 0.5) is 13.2 Å². The number of alkyl halides is 3. The van der Waals surface area contributed by atoms with Gasteiger partial charge >= 0.3 is 6.18 Å². The monoisotopic (exact) mass is 425 g/mol. The van der Waals surface area contributed by atoms with E-state index in [4.69, 9.17) is 0 Å². The zero-order chi connectivity index (χ0) is 20.9. The number of rotatable bonds is 4. The van der Waals surface area contributed by atoms with Gasteiger partial charge in [-0.3, -0.25) is 0 Å². The molecule has 2 nitrogen and oxygen atoms in total. The smallest absolute Gasteiger partial charge is 0.416 e. The first-order valence-corrected chi connectivity index (χ1v) is 10.6. The third-order valence-corrected chi connectivity index (χ3v) is 6.30. The Labute approximate surface area is 171 Å². The van der Waals surface area contributed by atoms with E-state index in [1.165, 1.54) is 23.5 Å². The Kier molecular flexibility index (Phi) is 7.55. The minimum Gasteiger partial charge on any atom is -0.508 e. The van der Waals surface area contributed by atoms with Crippen molar-refractivity contribution in [3.05, 3.63) is 64.2 Å². The molecule has 0 aliphatic heterocycles. The lowest BCUT2D eigenvalue weighted by Crippen LogP contribution is -2.03. The van der Waals surface area contributed by atoms with Gasteiger partial charge in [0.15, 0.2) is 0 Å². The van der Waals surface area contributed by atoms with E-state index < -0.39 is 11.7 Å². The molecule has 0 radical (unpaired) electrons. The topological polar surface area (TPSA) is 33.1 Å². The van der Waals surface area contributed by atoms with Gasteiger partial charge in [-0.2, -0.15) is 13.2 Å². The normalized spacial score (nSPS) is 11.1. The Balaban J connectivity index is 0.00000136. The summed E-state index contributed by atoms with van der Waals surface area (Å²) < 4.78 is 38.0. The Hall–Kier alpha value is -1.99. The van der Waals surface area contributed by atoms with E-state index in [2.05, 4.69) is 4.98 Å². The Morgan fingerprint density at radius 2 is 1.68 bits per heavy atom. The first-order chi connectivity index (χ1) is 13.2. The predicted molar refractivity (Wildman–Crippen MR) is 111 cm³/mol. The van der Waals surface area contributed by atoms with Crippen molar-refractivity contribution in [1.29, 1.82) is 0 Å². The van der Waals surface area contributed by atoms with Crippen LogP contribution in [0.25, 0.3) is 10.6 Å². The highest BCUT2D eigenvalue weighted by molar-refractivity contribution is 7.98. The van der Waals surface area contributed by atoms with Crippen LogP contribution < -0.4 is 0 Å². The molecule has 28 heavy (non-hydrogen) atoms. The molecule has 0 amide bonds. The molecule has 0 aliphatic rings. The molecule has 0 unspecified atom stereocenters. The fourth-order valence-corrected chi connectivity index (χ4v) is 4.56. The molecule has 1 heterocycles. The number of aryl methyl sites for hydroxylation is 2. The van der Waals surface area contributed by atoms with E-state index >= 15 is 0 Å². The maximum atomic E-state index is 12.7. The van der Waals surface area contributed by atoms with Crippen molar-refractivity contribution in [2.45, 2.75) is 44.5 Å². The van der Waals surface area contributed by atoms with Crippen molar-refractivity contribution < 1.29 is 18.3 Å². The highest BCUT2D eigenvalue weighted by Crippen LogP contribution is 2.35. The van der Waals surface area contributed by atoms with Crippen molar-refractivity contribution in [1.82, 2.24) is 4.98 Å². The molecule has 0 spiro atoms. The Morgan fingerprint density at radius 1 is 1.04 bits per heavy atom. The summed E-state index contributed by atoms with van der Waals surface area (Å²) >= 11 is 3.13. The zero-order valence-corrected chi connectivity index (χ0v) is 17.7.